The van der Waals surface area contributed by atoms with E-state index in [0.29, 0.717) is 11.6 Å². The van der Waals surface area contributed by atoms with E-state index in [2.05, 4.69) is 39.6 Å². The van der Waals surface area contributed by atoms with Gasteiger partial charge in [-0.15, -0.1) is 10.2 Å². The number of fused-ring (bicyclic) bond motifs is 2. The minimum Gasteiger partial charge on any atom is -0.341 e. The van der Waals surface area contributed by atoms with Crippen molar-refractivity contribution in [1.29, 1.82) is 0 Å². The van der Waals surface area contributed by atoms with Crippen molar-refractivity contribution in [3.8, 4) is 0 Å². The molecule has 2 N–H and O–H groups in total. The Morgan fingerprint density at radius 1 is 1.32 bits per heavy atom. The van der Waals surface area contributed by atoms with Crippen LogP contribution in [0.3, 0.4) is 0 Å². The fourth-order valence-electron chi connectivity index (χ4n) is 3.53. The van der Waals surface area contributed by atoms with Gasteiger partial charge >= 0.3 is 0 Å². The predicted octanol–water partition coefficient (Wildman–Crippen LogP) is 2.46. The molecule has 0 aromatic carbocycles. The summed E-state index contributed by atoms with van der Waals surface area (Å²) >= 11 is 0. The summed E-state index contributed by atoms with van der Waals surface area (Å²) in [7, 11) is 0. The van der Waals surface area contributed by atoms with E-state index >= 15 is 0 Å². The monoisotopic (exact) mass is 338 g/mol. The summed E-state index contributed by atoms with van der Waals surface area (Å²) in [6.45, 7) is 4.27. The number of hydrogen-bond donors (Lipinski definition) is 2. The van der Waals surface area contributed by atoms with Gasteiger partial charge in [-0.3, -0.25) is 14.3 Å². The second kappa shape index (κ2) is 6.31. The van der Waals surface area contributed by atoms with E-state index in [0.717, 1.165) is 48.4 Å². The van der Waals surface area contributed by atoms with E-state index < -0.39 is 0 Å². The van der Waals surface area contributed by atoms with Gasteiger partial charge in [0.15, 0.2) is 17.2 Å². The third-order valence-electron chi connectivity index (χ3n) is 4.69. The summed E-state index contributed by atoms with van der Waals surface area (Å²) in [6.07, 6.45) is 5.68. The first-order chi connectivity index (χ1) is 12.1. The lowest BCUT2D eigenvalue weighted by Gasteiger charge is -2.19. The molecular formula is C18H22N6O. The number of carbonyl (C=O) groups is 1. The van der Waals surface area contributed by atoms with Gasteiger partial charge in [0.1, 0.15) is 0 Å². The molecule has 0 saturated carbocycles. The smallest absolute Gasteiger partial charge is 0.272 e. The highest BCUT2D eigenvalue weighted by molar-refractivity contribution is 5.94. The number of aromatic amines is 1. The predicted molar refractivity (Wildman–Crippen MR) is 93.3 cm³/mol. The Bertz CT molecular complexity index is 909. The molecular weight excluding hydrogens is 316 g/mol. The van der Waals surface area contributed by atoms with Crippen molar-refractivity contribution in [3.05, 3.63) is 47.2 Å². The van der Waals surface area contributed by atoms with Gasteiger partial charge < -0.3 is 5.32 Å². The molecule has 130 valence electrons. The molecule has 1 aliphatic rings. The molecule has 25 heavy (non-hydrogen) atoms. The van der Waals surface area contributed by atoms with E-state index in [4.69, 9.17) is 0 Å². The number of nitrogens with zero attached hydrogens (tertiary/aromatic N) is 4. The molecule has 1 atom stereocenters. The van der Waals surface area contributed by atoms with Crippen LogP contribution in [0.2, 0.25) is 0 Å². The van der Waals surface area contributed by atoms with Crippen molar-refractivity contribution < 1.29 is 4.79 Å². The lowest BCUT2D eigenvalue weighted by atomic mass is 10.0. The highest BCUT2D eigenvalue weighted by atomic mass is 16.2. The molecule has 7 nitrogen and oxygen atoms in total. The number of nitrogens with one attached hydrogen (secondary N) is 2. The zero-order chi connectivity index (χ0) is 17.4. The van der Waals surface area contributed by atoms with Crippen molar-refractivity contribution in [3.63, 3.8) is 0 Å². The van der Waals surface area contributed by atoms with Crippen molar-refractivity contribution in [2.45, 2.75) is 45.6 Å². The molecule has 3 aromatic rings. The Morgan fingerprint density at radius 2 is 2.20 bits per heavy atom. The third kappa shape index (κ3) is 2.90. The van der Waals surface area contributed by atoms with Crippen LogP contribution in [0, 0.1) is 5.92 Å². The Hall–Kier alpha value is -2.70. The minimum atomic E-state index is -0.210. The SMILES string of the molecule is CC(C)C[C@@H](NC(=O)c1n[nH]c2c1CCC2)c1nnc2ccccn12. The Balaban J connectivity index is 1.64. The van der Waals surface area contributed by atoms with Crippen LogP contribution in [0.1, 0.15) is 60.3 Å². The lowest BCUT2D eigenvalue weighted by molar-refractivity contribution is 0.0923. The standard InChI is InChI=1S/C18H22N6O/c1-11(2)10-14(17-23-21-15-8-3-4-9-24(15)17)19-18(25)16-12-6-5-7-13(12)20-22-16/h3-4,8-9,11,14H,5-7,10H2,1-2H3,(H,19,25)(H,20,22)/t14-/m1/s1. The Kier molecular flexibility index (Phi) is 3.99. The van der Waals surface area contributed by atoms with Gasteiger partial charge in [0, 0.05) is 17.5 Å². The molecule has 1 amide bonds. The highest BCUT2D eigenvalue weighted by Crippen LogP contribution is 2.25. The summed E-state index contributed by atoms with van der Waals surface area (Å²) in [5, 5.41) is 18.9. The first-order valence-electron chi connectivity index (χ1n) is 8.80. The van der Waals surface area contributed by atoms with Gasteiger partial charge in [0.05, 0.1) is 6.04 Å². The molecule has 0 saturated heterocycles. The summed E-state index contributed by atoms with van der Waals surface area (Å²) in [6, 6.07) is 5.57. The van der Waals surface area contributed by atoms with Crippen molar-refractivity contribution in [2.75, 3.05) is 0 Å². The summed E-state index contributed by atoms with van der Waals surface area (Å²) in [4.78, 5) is 12.8. The first kappa shape index (κ1) is 15.8. The van der Waals surface area contributed by atoms with Gasteiger partial charge in [-0.25, -0.2) is 0 Å². The van der Waals surface area contributed by atoms with Gasteiger partial charge in [0.2, 0.25) is 0 Å². The van der Waals surface area contributed by atoms with E-state index in [-0.39, 0.29) is 11.9 Å². The Morgan fingerprint density at radius 3 is 3.04 bits per heavy atom. The van der Waals surface area contributed by atoms with Crippen molar-refractivity contribution in [2.24, 2.45) is 5.92 Å². The van der Waals surface area contributed by atoms with Gasteiger partial charge in [0.25, 0.3) is 5.91 Å². The zero-order valence-corrected chi connectivity index (χ0v) is 14.5. The largest absolute Gasteiger partial charge is 0.341 e. The normalized spacial score (nSPS) is 14.8. The van der Waals surface area contributed by atoms with Crippen LogP contribution in [0.25, 0.3) is 5.65 Å². The molecule has 1 aliphatic carbocycles. The van der Waals surface area contributed by atoms with Crippen LogP contribution in [0.4, 0.5) is 0 Å². The molecule has 3 heterocycles. The summed E-state index contributed by atoms with van der Waals surface area (Å²) in [5.74, 6) is 1.02. The van der Waals surface area contributed by atoms with Crippen molar-refractivity contribution >= 4 is 11.6 Å². The molecule has 4 rings (SSSR count). The molecule has 0 bridgehead atoms. The van der Waals surface area contributed by atoms with Gasteiger partial charge in [-0.2, -0.15) is 5.10 Å². The molecule has 0 aliphatic heterocycles. The average molecular weight is 338 g/mol. The maximum atomic E-state index is 12.8. The average Bonchev–Trinajstić information content (AvgIpc) is 3.28. The molecule has 0 spiro atoms. The first-order valence-corrected chi connectivity index (χ1v) is 8.80. The number of pyridine rings is 1. The number of amides is 1. The molecule has 0 unspecified atom stereocenters. The number of rotatable bonds is 5. The number of aromatic nitrogens is 5. The van der Waals surface area contributed by atoms with E-state index in [1.165, 1.54) is 0 Å². The summed E-state index contributed by atoms with van der Waals surface area (Å²) in [5.41, 5.74) is 3.46. The maximum Gasteiger partial charge on any atom is 0.272 e. The van der Waals surface area contributed by atoms with Gasteiger partial charge in [-0.1, -0.05) is 19.9 Å². The number of carbonyl (C=O) groups excluding carboxylic acids is 1. The van der Waals surface area contributed by atoms with Crippen LogP contribution in [-0.2, 0) is 12.8 Å². The maximum absolute atomic E-state index is 12.8. The van der Waals surface area contributed by atoms with Gasteiger partial charge in [-0.05, 0) is 43.7 Å². The molecule has 0 fully saturated rings. The molecule has 7 heteroatoms. The quantitative estimate of drug-likeness (QED) is 0.748. The van der Waals surface area contributed by atoms with Crippen molar-refractivity contribution in [1.82, 2.24) is 30.1 Å². The van der Waals surface area contributed by atoms with E-state index in [9.17, 15) is 4.79 Å². The van der Waals surface area contributed by atoms with Crippen LogP contribution in [-0.4, -0.2) is 30.7 Å². The lowest BCUT2D eigenvalue weighted by Crippen LogP contribution is -2.31. The highest BCUT2D eigenvalue weighted by Gasteiger charge is 2.27. The van der Waals surface area contributed by atoms with Crippen LogP contribution >= 0.6 is 0 Å². The zero-order valence-electron chi connectivity index (χ0n) is 14.5. The van der Waals surface area contributed by atoms with Crippen LogP contribution < -0.4 is 5.32 Å². The van der Waals surface area contributed by atoms with E-state index in [1.54, 1.807) is 0 Å². The third-order valence-corrected chi connectivity index (χ3v) is 4.69. The fourth-order valence-corrected chi connectivity index (χ4v) is 3.53. The number of hydrogen-bond acceptors (Lipinski definition) is 4. The van der Waals surface area contributed by atoms with E-state index in [1.807, 2.05) is 28.8 Å². The topological polar surface area (TPSA) is 88.0 Å². The van der Waals surface area contributed by atoms with Crippen LogP contribution in [0.5, 0.6) is 0 Å². The Labute approximate surface area is 145 Å². The molecule has 0 radical (unpaired) electrons. The fraction of sp³-hybridized carbons (Fsp3) is 0.444. The number of H-pyrrole nitrogens is 1. The summed E-state index contributed by atoms with van der Waals surface area (Å²) < 4.78 is 1.93. The second-order valence-electron chi connectivity index (χ2n) is 7.03. The van der Waals surface area contributed by atoms with Crippen LogP contribution in [0.15, 0.2) is 24.4 Å². The second-order valence-corrected chi connectivity index (χ2v) is 7.03. The minimum absolute atomic E-state index is 0.141. The molecule has 3 aromatic heterocycles. The number of aryl methyl sites for hydroxylation is 1.